The molecule has 0 radical (unpaired) electrons. The number of likely N-dealkylation sites (tertiary alicyclic amines) is 1. The Hall–Kier alpha value is -2.53. The zero-order valence-electron chi connectivity index (χ0n) is 18.6. The van der Waals surface area contributed by atoms with Crippen molar-refractivity contribution in [3.05, 3.63) is 64.7 Å². The van der Waals surface area contributed by atoms with Gasteiger partial charge in [-0.25, -0.2) is 0 Å². The van der Waals surface area contributed by atoms with Crippen molar-refractivity contribution in [1.82, 2.24) is 10.2 Å². The smallest absolute Gasteiger partial charge is 0.260 e. The number of carbonyl (C=O) groups is 2. The molecule has 2 aromatic carbocycles. The number of nitrogens with zero attached hydrogens (tertiary/aromatic N) is 1. The average Bonchev–Trinajstić information content (AvgIpc) is 2.81. The molecule has 0 saturated carbocycles. The molecule has 1 atom stereocenters. The van der Waals surface area contributed by atoms with Gasteiger partial charge in [-0.2, -0.15) is 0 Å². The van der Waals surface area contributed by atoms with E-state index in [-0.39, 0.29) is 17.2 Å². The highest BCUT2D eigenvalue weighted by Gasteiger charge is 2.37. The maximum atomic E-state index is 13.0. The third-order valence-electron chi connectivity index (χ3n) is 6.90. The number of amides is 2. The highest BCUT2D eigenvalue weighted by Crippen LogP contribution is 2.37. The number of piperidine rings is 1. The molecule has 1 fully saturated rings. The molecule has 2 aliphatic heterocycles. The highest BCUT2D eigenvalue weighted by molar-refractivity contribution is 6.33. The Bertz CT molecular complexity index is 969. The number of nitrogens with one attached hydrogen (secondary N) is 1. The lowest BCUT2D eigenvalue weighted by Gasteiger charge is -2.42. The van der Waals surface area contributed by atoms with Crippen LogP contribution in [0, 0.1) is 5.41 Å². The molecule has 6 heteroatoms. The number of carbonyl (C=O) groups excluding carboxylic acids is 2. The molecule has 1 spiro atoms. The van der Waals surface area contributed by atoms with Crippen LogP contribution in [0.1, 0.15) is 54.9 Å². The zero-order valence-corrected chi connectivity index (χ0v) is 19.4. The van der Waals surface area contributed by atoms with Crippen molar-refractivity contribution in [1.29, 1.82) is 0 Å². The Kier molecular flexibility index (Phi) is 7.04. The number of aryl methyl sites for hydroxylation is 1. The van der Waals surface area contributed by atoms with Crippen LogP contribution in [0.3, 0.4) is 0 Å². The summed E-state index contributed by atoms with van der Waals surface area (Å²) in [6.45, 7) is 3.77. The van der Waals surface area contributed by atoms with Crippen molar-refractivity contribution in [2.24, 2.45) is 5.41 Å². The van der Waals surface area contributed by atoms with Crippen LogP contribution in [0.5, 0.6) is 5.75 Å². The minimum absolute atomic E-state index is 0.00531. The molecule has 1 N–H and O–H groups in total. The van der Waals surface area contributed by atoms with Gasteiger partial charge in [0.15, 0.2) is 6.10 Å². The van der Waals surface area contributed by atoms with Crippen molar-refractivity contribution < 1.29 is 14.3 Å². The van der Waals surface area contributed by atoms with Gasteiger partial charge >= 0.3 is 0 Å². The summed E-state index contributed by atoms with van der Waals surface area (Å²) >= 11 is 6.24. The Morgan fingerprint density at radius 2 is 1.78 bits per heavy atom. The summed E-state index contributed by atoms with van der Waals surface area (Å²) in [5.41, 5.74) is 1.72. The third kappa shape index (κ3) is 5.09. The topological polar surface area (TPSA) is 58.6 Å². The molecule has 5 nitrogen and oxygen atoms in total. The second kappa shape index (κ2) is 9.95. The lowest BCUT2D eigenvalue weighted by Crippen LogP contribution is -2.49. The van der Waals surface area contributed by atoms with Crippen LogP contribution < -0.4 is 10.1 Å². The van der Waals surface area contributed by atoms with Gasteiger partial charge in [0, 0.05) is 19.6 Å². The molecule has 1 saturated heterocycles. The van der Waals surface area contributed by atoms with Crippen molar-refractivity contribution in [2.45, 2.75) is 51.6 Å². The van der Waals surface area contributed by atoms with Crippen LogP contribution in [0.2, 0.25) is 5.02 Å². The molecule has 2 aromatic rings. The van der Waals surface area contributed by atoms with Gasteiger partial charge in [0.2, 0.25) is 0 Å². The molecule has 0 bridgehead atoms. The lowest BCUT2D eigenvalue weighted by atomic mass is 9.74. The van der Waals surface area contributed by atoms with Gasteiger partial charge in [-0.1, -0.05) is 48.4 Å². The molecule has 2 amide bonds. The fourth-order valence-corrected chi connectivity index (χ4v) is 5.02. The van der Waals surface area contributed by atoms with E-state index in [1.807, 2.05) is 35.2 Å². The summed E-state index contributed by atoms with van der Waals surface area (Å²) in [5, 5.41) is 3.63. The highest BCUT2D eigenvalue weighted by atomic mass is 35.5. The number of rotatable bonds is 1. The number of ether oxygens (including phenoxy) is 1. The quantitative estimate of drug-likeness (QED) is 0.668. The number of benzene rings is 2. The number of para-hydroxylation sites is 1. The maximum absolute atomic E-state index is 13.0. The van der Waals surface area contributed by atoms with E-state index >= 15 is 0 Å². The Morgan fingerprint density at radius 3 is 2.56 bits per heavy atom. The molecule has 4 rings (SSSR count). The van der Waals surface area contributed by atoms with E-state index in [2.05, 4.69) is 11.4 Å². The Labute approximate surface area is 195 Å². The Balaban J connectivity index is 1.44. The van der Waals surface area contributed by atoms with Gasteiger partial charge in [-0.05, 0) is 68.2 Å². The molecular weight excluding hydrogens is 424 g/mol. The number of halogens is 1. The first-order valence-corrected chi connectivity index (χ1v) is 11.9. The molecule has 0 unspecified atom stereocenters. The van der Waals surface area contributed by atoms with Crippen LogP contribution in [-0.4, -0.2) is 42.5 Å². The minimum atomic E-state index is -0.547. The van der Waals surface area contributed by atoms with Crippen molar-refractivity contribution in [3.63, 3.8) is 0 Å². The first kappa shape index (κ1) is 22.7. The zero-order chi connectivity index (χ0) is 22.6. The fraction of sp³-hybridized carbons (Fsp3) is 0.462. The lowest BCUT2D eigenvalue weighted by molar-refractivity contribution is -0.128. The second-order valence-electron chi connectivity index (χ2n) is 9.06. The third-order valence-corrected chi connectivity index (χ3v) is 7.23. The molecule has 0 aromatic heterocycles. The summed E-state index contributed by atoms with van der Waals surface area (Å²) in [7, 11) is 0. The van der Waals surface area contributed by atoms with E-state index in [9.17, 15) is 9.59 Å². The van der Waals surface area contributed by atoms with Gasteiger partial charge in [0.1, 0.15) is 5.75 Å². The fourth-order valence-electron chi connectivity index (χ4n) is 4.81. The molecule has 2 heterocycles. The summed E-state index contributed by atoms with van der Waals surface area (Å²) < 4.78 is 5.99. The van der Waals surface area contributed by atoms with E-state index in [0.717, 1.165) is 49.8 Å². The summed E-state index contributed by atoms with van der Waals surface area (Å²) in [5.74, 6) is 0.701. The largest absolute Gasteiger partial charge is 0.481 e. The van der Waals surface area contributed by atoms with Gasteiger partial charge in [0.05, 0.1) is 10.6 Å². The molecule has 170 valence electrons. The summed E-state index contributed by atoms with van der Waals surface area (Å²) in [4.78, 5) is 27.6. The predicted octanol–water partition coefficient (Wildman–Crippen LogP) is 4.87. The van der Waals surface area contributed by atoms with Crippen LogP contribution in [0.4, 0.5) is 0 Å². The van der Waals surface area contributed by atoms with Crippen LogP contribution in [0.25, 0.3) is 0 Å². The number of hydrogen-bond donors (Lipinski definition) is 1. The van der Waals surface area contributed by atoms with Gasteiger partial charge < -0.3 is 15.0 Å². The normalized spacial score (nSPS) is 21.5. The first-order chi connectivity index (χ1) is 15.5. The maximum Gasteiger partial charge on any atom is 0.260 e. The molecule has 2 aliphatic rings. The van der Waals surface area contributed by atoms with Crippen LogP contribution >= 0.6 is 11.6 Å². The average molecular weight is 455 g/mol. The molecular formula is C26H31ClN2O3. The van der Waals surface area contributed by atoms with E-state index < -0.39 is 6.10 Å². The molecule has 32 heavy (non-hydrogen) atoms. The van der Waals surface area contributed by atoms with E-state index in [4.69, 9.17) is 16.3 Å². The standard InChI is InChI=1S/C26H31ClN2O3/c1-19-24(30)28-18-26(13-7-6-9-20-8-2-5-12-23(20)32-19)14-16-29(17-15-26)25(31)21-10-3-4-11-22(21)27/h2-5,8,10-12,19H,6-7,9,13-18H2,1H3,(H,28,30)/t19-/m1/s1. The summed E-state index contributed by atoms with van der Waals surface area (Å²) in [6, 6.07) is 15.2. The van der Waals surface area contributed by atoms with Crippen molar-refractivity contribution in [3.8, 4) is 5.75 Å². The summed E-state index contributed by atoms with van der Waals surface area (Å²) in [6.07, 6.45) is 5.33. The van der Waals surface area contributed by atoms with Crippen molar-refractivity contribution >= 4 is 23.4 Å². The predicted molar refractivity (Wildman–Crippen MR) is 126 cm³/mol. The van der Waals surface area contributed by atoms with Gasteiger partial charge in [0.25, 0.3) is 11.8 Å². The van der Waals surface area contributed by atoms with E-state index in [1.165, 1.54) is 0 Å². The molecule has 0 aliphatic carbocycles. The van der Waals surface area contributed by atoms with Gasteiger partial charge in [-0.3, -0.25) is 9.59 Å². The first-order valence-electron chi connectivity index (χ1n) is 11.5. The van der Waals surface area contributed by atoms with E-state index in [0.29, 0.717) is 30.2 Å². The minimum Gasteiger partial charge on any atom is -0.481 e. The van der Waals surface area contributed by atoms with Gasteiger partial charge in [-0.15, -0.1) is 0 Å². The number of hydrogen-bond acceptors (Lipinski definition) is 3. The SMILES string of the molecule is C[C@H]1Oc2ccccc2CCCCC2(CCN(C(=O)c3ccccc3Cl)CC2)CNC1=O. The van der Waals surface area contributed by atoms with Crippen LogP contribution in [0.15, 0.2) is 48.5 Å². The monoisotopic (exact) mass is 454 g/mol. The van der Waals surface area contributed by atoms with E-state index in [1.54, 1.807) is 19.1 Å². The van der Waals surface area contributed by atoms with Crippen LogP contribution in [-0.2, 0) is 11.2 Å². The number of fused-ring (bicyclic) bond motifs is 1. The Morgan fingerprint density at radius 1 is 1.06 bits per heavy atom. The second-order valence-corrected chi connectivity index (χ2v) is 9.47. The van der Waals surface area contributed by atoms with Crippen molar-refractivity contribution in [2.75, 3.05) is 19.6 Å².